The molecule has 3 aliphatic rings. The molecular formula is C24H25F2N3O5S. The van der Waals surface area contributed by atoms with Crippen molar-refractivity contribution in [2.24, 2.45) is 0 Å². The van der Waals surface area contributed by atoms with E-state index in [0.29, 0.717) is 24.0 Å². The normalized spacial score (nSPS) is 19.7. The Balaban J connectivity index is 1.31. The molecule has 1 aliphatic heterocycles. The van der Waals surface area contributed by atoms with Crippen molar-refractivity contribution in [2.45, 2.75) is 55.4 Å². The Morgan fingerprint density at radius 3 is 2.43 bits per heavy atom. The van der Waals surface area contributed by atoms with E-state index in [1.165, 1.54) is 27.7 Å². The van der Waals surface area contributed by atoms with Crippen LogP contribution in [0.2, 0.25) is 0 Å². The minimum Gasteiger partial charge on any atom is -0.348 e. The van der Waals surface area contributed by atoms with Crippen molar-refractivity contribution in [3.05, 3.63) is 68.9 Å². The molecule has 1 aromatic heterocycles. The maximum atomic E-state index is 14.5. The molecule has 0 radical (unpaired) electrons. The molecule has 0 unspecified atom stereocenters. The summed E-state index contributed by atoms with van der Waals surface area (Å²) in [6, 6.07) is 7.19. The number of sulfone groups is 1. The van der Waals surface area contributed by atoms with Crippen LogP contribution in [0.4, 0.5) is 8.78 Å². The van der Waals surface area contributed by atoms with Gasteiger partial charge in [0, 0.05) is 26.2 Å². The molecule has 0 bridgehead atoms. The van der Waals surface area contributed by atoms with Crippen molar-refractivity contribution in [2.75, 3.05) is 13.1 Å². The highest BCUT2D eigenvalue weighted by Gasteiger charge is 2.69. The lowest BCUT2D eigenvalue weighted by Gasteiger charge is -2.33. The number of carbonyl (C=O) groups is 2. The summed E-state index contributed by atoms with van der Waals surface area (Å²) in [6.45, 7) is 1.71. The summed E-state index contributed by atoms with van der Waals surface area (Å²) in [5.74, 6) is -1.57. The number of hydrogen-bond acceptors (Lipinski definition) is 5. The number of aromatic nitrogens is 1. The zero-order valence-electron chi connectivity index (χ0n) is 19.1. The van der Waals surface area contributed by atoms with Crippen LogP contribution in [0.3, 0.4) is 0 Å². The predicted octanol–water partition coefficient (Wildman–Crippen LogP) is 2.09. The van der Waals surface area contributed by atoms with Crippen molar-refractivity contribution in [3.63, 3.8) is 0 Å². The summed E-state index contributed by atoms with van der Waals surface area (Å²) in [4.78, 5) is 40.0. The number of aryl methyl sites for hydroxylation is 1. The number of pyridine rings is 1. The Kier molecular flexibility index (Phi) is 5.39. The Bertz CT molecular complexity index is 1410. The average molecular weight is 506 g/mol. The van der Waals surface area contributed by atoms with Gasteiger partial charge in [-0.3, -0.25) is 14.4 Å². The van der Waals surface area contributed by atoms with E-state index in [9.17, 15) is 31.6 Å². The van der Waals surface area contributed by atoms with E-state index in [0.717, 1.165) is 0 Å². The van der Waals surface area contributed by atoms with Crippen LogP contribution < -0.4 is 10.9 Å². The van der Waals surface area contributed by atoms with Gasteiger partial charge in [0.05, 0.1) is 4.75 Å². The molecule has 35 heavy (non-hydrogen) atoms. The van der Waals surface area contributed by atoms with Gasteiger partial charge in [0.2, 0.25) is 5.00 Å². The zero-order chi connectivity index (χ0) is 25.2. The van der Waals surface area contributed by atoms with E-state index >= 15 is 0 Å². The van der Waals surface area contributed by atoms with Crippen LogP contribution in [-0.2, 0) is 22.9 Å². The summed E-state index contributed by atoms with van der Waals surface area (Å²) in [6.07, 6.45) is 0.600. The van der Waals surface area contributed by atoms with Crippen molar-refractivity contribution in [1.29, 1.82) is 0 Å². The van der Waals surface area contributed by atoms with Crippen LogP contribution in [-0.4, -0.2) is 52.5 Å². The molecule has 1 N–H and O–H groups in total. The number of hydrogen-bond donors (Lipinski definition) is 1. The summed E-state index contributed by atoms with van der Waals surface area (Å²) in [5.41, 5.74) is 0.270. The lowest BCUT2D eigenvalue weighted by molar-refractivity contribution is 0.0694. The number of carbonyl (C=O) groups excluding carboxylic acids is 2. The molecule has 2 aliphatic carbocycles. The molecule has 1 aromatic carbocycles. The fraction of sp³-hybridized carbons (Fsp3) is 0.458. The van der Waals surface area contributed by atoms with Gasteiger partial charge in [-0.2, -0.15) is 0 Å². The first-order chi connectivity index (χ1) is 16.5. The standard InChI is InChI=1S/C24H25F2N3O5S/c1-15-2-3-16(12-18(15)25)13-27-20(30)17-4-5-19-22(32)28(10-11-29(19)21(17)31)14-23(6-7-23)35(33,34)24(26)8-9-24/h2-5,12H,6-11,13-14H2,1H3,(H,27,30). The molecule has 0 atom stereocenters. The van der Waals surface area contributed by atoms with E-state index in [-0.39, 0.29) is 50.3 Å². The molecule has 11 heteroatoms. The molecular weight excluding hydrogens is 480 g/mol. The Morgan fingerprint density at radius 2 is 1.80 bits per heavy atom. The third-order valence-electron chi connectivity index (χ3n) is 7.19. The van der Waals surface area contributed by atoms with E-state index in [2.05, 4.69) is 5.32 Å². The Labute approximate surface area is 200 Å². The summed E-state index contributed by atoms with van der Waals surface area (Å²) in [7, 11) is -4.02. The maximum absolute atomic E-state index is 14.5. The number of amides is 2. The first kappa shape index (κ1) is 23.7. The lowest BCUT2D eigenvalue weighted by Crippen LogP contribution is -2.51. The number of alkyl halides is 1. The van der Waals surface area contributed by atoms with E-state index < -0.39 is 42.8 Å². The first-order valence-electron chi connectivity index (χ1n) is 11.5. The second kappa shape index (κ2) is 7.97. The van der Waals surface area contributed by atoms with Crippen molar-refractivity contribution < 1.29 is 26.8 Å². The zero-order valence-corrected chi connectivity index (χ0v) is 20.0. The predicted molar refractivity (Wildman–Crippen MR) is 123 cm³/mol. The van der Waals surface area contributed by atoms with Crippen LogP contribution in [0.1, 0.15) is 57.7 Å². The highest BCUT2D eigenvalue weighted by Crippen LogP contribution is 2.57. The van der Waals surface area contributed by atoms with Gasteiger partial charge in [0.1, 0.15) is 17.1 Å². The SMILES string of the molecule is Cc1ccc(CNC(=O)c2ccc3n(c2=O)CCN(CC2(S(=O)(=O)C4(F)CC4)CC2)C3=O)cc1F. The van der Waals surface area contributed by atoms with Gasteiger partial charge < -0.3 is 14.8 Å². The monoisotopic (exact) mass is 505 g/mol. The van der Waals surface area contributed by atoms with Gasteiger partial charge in [-0.1, -0.05) is 12.1 Å². The van der Waals surface area contributed by atoms with Gasteiger partial charge in [0.15, 0.2) is 9.84 Å². The average Bonchev–Trinajstić information content (AvgIpc) is 3.75. The third-order valence-corrected chi connectivity index (χ3v) is 10.2. The second-order valence-corrected chi connectivity index (χ2v) is 12.3. The molecule has 2 saturated carbocycles. The fourth-order valence-corrected chi connectivity index (χ4v) is 6.95. The highest BCUT2D eigenvalue weighted by atomic mass is 32.2. The van der Waals surface area contributed by atoms with Crippen molar-refractivity contribution in [1.82, 2.24) is 14.8 Å². The minimum atomic E-state index is -4.02. The maximum Gasteiger partial charge on any atom is 0.270 e. The quantitative estimate of drug-likeness (QED) is 0.621. The van der Waals surface area contributed by atoms with Crippen LogP contribution in [0.5, 0.6) is 0 Å². The molecule has 2 amide bonds. The van der Waals surface area contributed by atoms with E-state index in [1.54, 1.807) is 19.1 Å². The molecule has 0 saturated heterocycles. The summed E-state index contributed by atoms with van der Waals surface area (Å²) in [5, 5.41) is 0.412. The molecule has 186 valence electrons. The van der Waals surface area contributed by atoms with Crippen LogP contribution in [0.15, 0.2) is 35.1 Å². The molecule has 2 aromatic rings. The number of fused-ring (bicyclic) bond motifs is 1. The van der Waals surface area contributed by atoms with Crippen molar-refractivity contribution in [3.8, 4) is 0 Å². The molecule has 0 spiro atoms. The van der Waals surface area contributed by atoms with Crippen molar-refractivity contribution >= 4 is 21.7 Å². The molecule has 2 fully saturated rings. The molecule has 2 heterocycles. The summed E-state index contributed by atoms with van der Waals surface area (Å²) >= 11 is 0. The van der Waals surface area contributed by atoms with Gasteiger partial charge in [-0.15, -0.1) is 0 Å². The number of halogens is 2. The highest BCUT2D eigenvalue weighted by molar-refractivity contribution is 7.94. The van der Waals surface area contributed by atoms with Gasteiger partial charge >= 0.3 is 0 Å². The van der Waals surface area contributed by atoms with Gasteiger partial charge in [-0.25, -0.2) is 17.2 Å². The van der Waals surface area contributed by atoms with Crippen LogP contribution in [0.25, 0.3) is 0 Å². The van der Waals surface area contributed by atoms with Gasteiger partial charge in [-0.05, 0) is 61.9 Å². The summed E-state index contributed by atoms with van der Waals surface area (Å²) < 4.78 is 53.7. The van der Waals surface area contributed by atoms with Crippen LogP contribution >= 0.6 is 0 Å². The minimum absolute atomic E-state index is 0.00699. The molecule has 5 rings (SSSR count). The topological polar surface area (TPSA) is 106 Å². The first-order valence-corrected chi connectivity index (χ1v) is 13.0. The Morgan fingerprint density at radius 1 is 1.09 bits per heavy atom. The second-order valence-electron chi connectivity index (χ2n) is 9.65. The molecule has 8 nitrogen and oxygen atoms in total. The van der Waals surface area contributed by atoms with Crippen LogP contribution in [0, 0.1) is 12.7 Å². The number of nitrogens with one attached hydrogen (secondary N) is 1. The fourth-order valence-electron chi connectivity index (χ4n) is 4.57. The number of rotatable bonds is 7. The largest absolute Gasteiger partial charge is 0.348 e. The lowest BCUT2D eigenvalue weighted by atomic mass is 10.1. The number of benzene rings is 1. The van der Waals surface area contributed by atoms with E-state index in [1.807, 2.05) is 0 Å². The smallest absolute Gasteiger partial charge is 0.270 e. The third kappa shape index (κ3) is 3.85. The number of nitrogens with zero attached hydrogens (tertiary/aromatic N) is 2. The van der Waals surface area contributed by atoms with E-state index in [4.69, 9.17) is 0 Å². The Hall–Kier alpha value is -3.08. The van der Waals surface area contributed by atoms with Gasteiger partial charge in [0.25, 0.3) is 17.4 Å².